The predicted octanol–water partition coefficient (Wildman–Crippen LogP) is 5.20. The first-order valence-electron chi connectivity index (χ1n) is 7.84. The van der Waals surface area contributed by atoms with Gasteiger partial charge in [-0.3, -0.25) is 9.59 Å². The van der Waals surface area contributed by atoms with Gasteiger partial charge < -0.3 is 0 Å². The summed E-state index contributed by atoms with van der Waals surface area (Å²) in [5, 5.41) is -0.178. The molecular formula is C17H11Cl6NO2. The second-order valence-corrected chi connectivity index (χ2v) is 9.85. The van der Waals surface area contributed by atoms with Crippen LogP contribution in [0, 0.1) is 11.8 Å². The van der Waals surface area contributed by atoms with E-state index in [1.807, 2.05) is 19.1 Å². The molecule has 1 aromatic carbocycles. The number of allylic oxidation sites excluding steroid dienone is 2. The zero-order valence-corrected chi connectivity index (χ0v) is 17.7. The molecule has 0 spiro atoms. The largest absolute Gasteiger partial charge is 0.274 e. The number of alkyl halides is 4. The third kappa shape index (κ3) is 1.81. The van der Waals surface area contributed by atoms with Gasteiger partial charge in [-0.05, 0) is 18.1 Å². The minimum atomic E-state index is -1.91. The molecule has 3 nitrogen and oxygen atoms in total. The first-order valence-corrected chi connectivity index (χ1v) is 10.1. The molecule has 3 aliphatic rings. The highest BCUT2D eigenvalue weighted by Gasteiger charge is 2.87. The molecule has 1 saturated carbocycles. The fraction of sp³-hybridized carbons (Fsp3) is 0.412. The van der Waals surface area contributed by atoms with Crippen LogP contribution < -0.4 is 4.90 Å². The zero-order valence-electron chi connectivity index (χ0n) is 13.2. The van der Waals surface area contributed by atoms with E-state index >= 15 is 0 Å². The second kappa shape index (κ2) is 5.68. The summed E-state index contributed by atoms with van der Waals surface area (Å²) in [6.45, 7) is 1.93. The molecule has 0 unspecified atom stereocenters. The van der Waals surface area contributed by atoms with Crippen LogP contribution in [0.15, 0.2) is 34.3 Å². The van der Waals surface area contributed by atoms with Crippen LogP contribution in [0.5, 0.6) is 0 Å². The fourth-order valence-corrected chi connectivity index (χ4v) is 7.19. The first kappa shape index (κ1) is 19.2. The van der Waals surface area contributed by atoms with Crippen LogP contribution in [-0.2, 0) is 16.0 Å². The Hall–Kier alpha value is -0.160. The van der Waals surface area contributed by atoms with Crippen molar-refractivity contribution in [2.24, 2.45) is 11.8 Å². The van der Waals surface area contributed by atoms with E-state index in [4.69, 9.17) is 69.6 Å². The molecule has 9 heteroatoms. The van der Waals surface area contributed by atoms with Gasteiger partial charge in [0.15, 0.2) is 4.33 Å². The van der Waals surface area contributed by atoms with E-state index in [0.717, 1.165) is 10.5 Å². The summed E-state index contributed by atoms with van der Waals surface area (Å²) in [5.41, 5.74) is 1.32. The third-order valence-corrected chi connectivity index (χ3v) is 9.78. The van der Waals surface area contributed by atoms with Crippen molar-refractivity contribution in [3.05, 3.63) is 39.9 Å². The average Bonchev–Trinajstić information content (AvgIpc) is 2.99. The number of amides is 2. The Morgan fingerprint density at radius 2 is 1.38 bits per heavy atom. The Morgan fingerprint density at radius 1 is 0.923 bits per heavy atom. The number of carbonyl (C=O) groups excluding carboxylic acids is 2. The summed E-state index contributed by atoms with van der Waals surface area (Å²) < 4.78 is -1.91. The van der Waals surface area contributed by atoms with Crippen LogP contribution in [-0.4, -0.2) is 25.9 Å². The normalized spacial score (nSPS) is 37.7. The number of nitrogens with zero attached hydrogens (tertiary/aromatic N) is 1. The highest BCUT2D eigenvalue weighted by molar-refractivity contribution is 6.67. The highest BCUT2D eigenvalue weighted by atomic mass is 35.5. The molecule has 1 heterocycles. The topological polar surface area (TPSA) is 37.4 Å². The molecule has 2 bridgehead atoms. The average molecular weight is 474 g/mol. The lowest BCUT2D eigenvalue weighted by molar-refractivity contribution is -0.123. The molecule has 0 aromatic heterocycles. The minimum Gasteiger partial charge on any atom is -0.274 e. The summed E-state index contributed by atoms with van der Waals surface area (Å²) in [6.07, 6.45) is 0.634. The van der Waals surface area contributed by atoms with Gasteiger partial charge in [0.1, 0.15) is 9.75 Å². The molecule has 2 aliphatic carbocycles. The Kier molecular flexibility index (Phi) is 4.19. The van der Waals surface area contributed by atoms with E-state index in [-0.39, 0.29) is 10.1 Å². The zero-order chi connectivity index (χ0) is 19.2. The van der Waals surface area contributed by atoms with Crippen LogP contribution in [0.3, 0.4) is 0 Å². The van der Waals surface area contributed by atoms with Gasteiger partial charge in [-0.2, -0.15) is 0 Å². The number of benzene rings is 1. The van der Waals surface area contributed by atoms with E-state index in [0.29, 0.717) is 12.1 Å². The smallest absolute Gasteiger partial charge is 0.240 e. The number of hydrogen-bond donors (Lipinski definition) is 0. The van der Waals surface area contributed by atoms with Crippen LogP contribution in [0.1, 0.15) is 12.5 Å². The first-order chi connectivity index (χ1) is 12.1. The molecule has 2 fully saturated rings. The van der Waals surface area contributed by atoms with Crippen LogP contribution in [0.2, 0.25) is 0 Å². The number of fused-ring (bicyclic) bond motifs is 5. The maximum atomic E-state index is 13.3. The molecule has 138 valence electrons. The maximum Gasteiger partial charge on any atom is 0.240 e. The Balaban J connectivity index is 1.93. The van der Waals surface area contributed by atoms with E-state index in [9.17, 15) is 9.59 Å². The lowest BCUT2D eigenvalue weighted by atomic mass is 9.84. The molecule has 1 aromatic rings. The molecule has 4 rings (SSSR count). The molecule has 1 saturated heterocycles. The molecule has 4 atom stereocenters. The van der Waals surface area contributed by atoms with Gasteiger partial charge in [0.05, 0.1) is 27.6 Å². The second-order valence-electron chi connectivity index (χ2n) is 6.58. The SMILES string of the molecule is CCc1ccccc1N1C(=O)[C@@H]2[C@@H](C1=O)[C@@]1(Cl)C(Cl)=C(Cl)[C@@]2(Cl)C1(Cl)Cl. The summed E-state index contributed by atoms with van der Waals surface area (Å²) in [5.74, 6) is -3.29. The third-order valence-electron chi connectivity index (χ3n) is 5.52. The van der Waals surface area contributed by atoms with Gasteiger partial charge in [0, 0.05) is 0 Å². The minimum absolute atomic E-state index is 0.0890. The van der Waals surface area contributed by atoms with Crippen molar-refractivity contribution in [2.45, 2.75) is 27.4 Å². The Morgan fingerprint density at radius 3 is 1.85 bits per heavy atom. The van der Waals surface area contributed by atoms with E-state index in [1.54, 1.807) is 12.1 Å². The van der Waals surface area contributed by atoms with Gasteiger partial charge >= 0.3 is 0 Å². The fourth-order valence-electron chi connectivity index (χ4n) is 4.26. The number of anilines is 1. The van der Waals surface area contributed by atoms with Crippen LogP contribution in [0.25, 0.3) is 0 Å². The summed E-state index contributed by atoms with van der Waals surface area (Å²) in [7, 11) is 0. The van der Waals surface area contributed by atoms with Crippen molar-refractivity contribution < 1.29 is 9.59 Å². The predicted molar refractivity (Wildman–Crippen MR) is 106 cm³/mol. The van der Waals surface area contributed by atoms with E-state index < -0.39 is 37.7 Å². The van der Waals surface area contributed by atoms with Gasteiger partial charge in [0.25, 0.3) is 0 Å². The standard InChI is InChI=1S/C17H11Cl6NO2/c1-2-7-5-3-4-6-8(7)24-13(25)9-10(14(24)26)16(21)12(19)11(18)15(9,20)17(16,22)23/h3-6,9-10H,2H2,1H3/t9-,10-,15+,16+/m0/s1. The summed E-state index contributed by atoms with van der Waals surface area (Å²) in [4.78, 5) is 24.1. The van der Waals surface area contributed by atoms with Crippen molar-refractivity contribution in [2.75, 3.05) is 4.90 Å². The number of rotatable bonds is 2. The Labute approximate surface area is 180 Å². The van der Waals surface area contributed by atoms with Crippen LogP contribution >= 0.6 is 69.6 Å². The number of carbonyl (C=O) groups is 2. The van der Waals surface area contributed by atoms with Crippen molar-refractivity contribution in [3.63, 3.8) is 0 Å². The van der Waals surface area contributed by atoms with Gasteiger partial charge in [-0.25, -0.2) is 4.90 Å². The number of aryl methyl sites for hydroxylation is 1. The molecule has 1 aliphatic heterocycles. The van der Waals surface area contributed by atoms with Crippen molar-refractivity contribution in [1.82, 2.24) is 0 Å². The van der Waals surface area contributed by atoms with Crippen molar-refractivity contribution in [3.8, 4) is 0 Å². The molecule has 0 radical (unpaired) electrons. The molecule has 0 N–H and O–H groups in total. The van der Waals surface area contributed by atoms with E-state index in [2.05, 4.69) is 0 Å². The van der Waals surface area contributed by atoms with Gasteiger partial charge in [-0.15, -0.1) is 23.2 Å². The van der Waals surface area contributed by atoms with Crippen LogP contribution in [0.4, 0.5) is 5.69 Å². The van der Waals surface area contributed by atoms with Crippen molar-refractivity contribution >= 4 is 87.1 Å². The van der Waals surface area contributed by atoms with Gasteiger partial charge in [0.2, 0.25) is 11.8 Å². The lowest BCUT2D eigenvalue weighted by Gasteiger charge is -2.34. The number of para-hydroxylation sites is 1. The lowest BCUT2D eigenvalue weighted by Crippen LogP contribution is -2.50. The number of hydrogen-bond acceptors (Lipinski definition) is 2. The maximum absolute atomic E-state index is 13.3. The number of imide groups is 1. The molecular weight excluding hydrogens is 463 g/mol. The van der Waals surface area contributed by atoms with E-state index in [1.165, 1.54) is 0 Å². The molecule has 2 amide bonds. The highest BCUT2D eigenvalue weighted by Crippen LogP contribution is 2.77. The van der Waals surface area contributed by atoms with Crippen molar-refractivity contribution in [1.29, 1.82) is 0 Å². The monoisotopic (exact) mass is 471 g/mol. The molecule has 26 heavy (non-hydrogen) atoms. The summed E-state index contributed by atoms with van der Waals surface area (Å²) >= 11 is 38.9. The quantitative estimate of drug-likeness (QED) is 0.437. The number of halogens is 6. The summed E-state index contributed by atoms with van der Waals surface area (Å²) in [6, 6.07) is 7.12. The Bertz CT molecular complexity index is 853. The van der Waals surface area contributed by atoms with Gasteiger partial charge in [-0.1, -0.05) is 71.5 Å².